The van der Waals surface area contributed by atoms with Crippen molar-refractivity contribution in [1.82, 2.24) is 4.98 Å². The van der Waals surface area contributed by atoms with Gasteiger partial charge in [-0.2, -0.15) is 0 Å². The van der Waals surface area contributed by atoms with Crippen LogP contribution in [0.25, 0.3) is 0 Å². The number of carbonyl (C=O) groups is 1. The van der Waals surface area contributed by atoms with E-state index in [4.69, 9.17) is 14.6 Å². The highest BCUT2D eigenvalue weighted by atomic mass is 32.1. The van der Waals surface area contributed by atoms with E-state index in [9.17, 15) is 4.79 Å². The number of aromatic carboxylic acids is 1. The topological polar surface area (TPSA) is 68.7 Å². The van der Waals surface area contributed by atoms with E-state index >= 15 is 0 Å². The van der Waals surface area contributed by atoms with Gasteiger partial charge in [0, 0.05) is 6.20 Å². The third-order valence-corrected chi connectivity index (χ3v) is 2.77. The quantitative estimate of drug-likeness (QED) is 0.804. The molecule has 2 heterocycles. The van der Waals surface area contributed by atoms with Crippen molar-refractivity contribution in [2.45, 2.75) is 12.7 Å². The lowest BCUT2D eigenvalue weighted by Crippen LogP contribution is -2.16. The molecule has 0 saturated carbocycles. The van der Waals surface area contributed by atoms with Gasteiger partial charge < -0.3 is 14.6 Å². The van der Waals surface area contributed by atoms with E-state index in [0.717, 1.165) is 17.8 Å². The Morgan fingerprint density at radius 1 is 1.57 bits per heavy atom. The van der Waals surface area contributed by atoms with Crippen molar-refractivity contribution < 1.29 is 19.4 Å². The summed E-state index contributed by atoms with van der Waals surface area (Å²) in [6, 6.07) is 0. The van der Waals surface area contributed by atoms with Gasteiger partial charge in [0.25, 0.3) is 0 Å². The van der Waals surface area contributed by atoms with Crippen LogP contribution in [0, 0.1) is 0 Å². The van der Waals surface area contributed by atoms with Crippen molar-refractivity contribution in [3.8, 4) is 0 Å². The van der Waals surface area contributed by atoms with Crippen LogP contribution in [0.4, 0.5) is 0 Å². The minimum Gasteiger partial charge on any atom is -0.476 e. The highest BCUT2D eigenvalue weighted by molar-refractivity contribution is 7.13. The Morgan fingerprint density at radius 2 is 2.29 bits per heavy atom. The fraction of sp³-hybridized carbons (Fsp3) is 0.500. The standard InChI is InChI=1S/C8H9NO4S/c10-7(11)6-9-4-5(14-6)8-12-2-1-3-13-8/h4,8H,1-3H2,(H,10,11). The maximum atomic E-state index is 10.6. The van der Waals surface area contributed by atoms with Gasteiger partial charge in [-0.05, 0) is 6.42 Å². The van der Waals surface area contributed by atoms with Gasteiger partial charge in [-0.15, -0.1) is 11.3 Å². The van der Waals surface area contributed by atoms with Crippen LogP contribution in [-0.2, 0) is 9.47 Å². The van der Waals surface area contributed by atoms with Crippen LogP contribution in [-0.4, -0.2) is 29.3 Å². The molecule has 1 N–H and O–H groups in total. The molecule has 76 valence electrons. The molecule has 1 saturated heterocycles. The van der Waals surface area contributed by atoms with E-state index < -0.39 is 12.3 Å². The number of nitrogens with zero attached hydrogens (tertiary/aromatic N) is 1. The number of rotatable bonds is 2. The number of carboxylic acid groups (broad SMARTS) is 1. The van der Waals surface area contributed by atoms with Gasteiger partial charge in [0.1, 0.15) is 0 Å². The number of ether oxygens (including phenoxy) is 2. The molecule has 6 heteroatoms. The van der Waals surface area contributed by atoms with E-state index in [0.29, 0.717) is 18.1 Å². The largest absolute Gasteiger partial charge is 0.476 e. The van der Waals surface area contributed by atoms with Crippen LogP contribution in [0.3, 0.4) is 0 Å². The number of thiazole rings is 1. The second kappa shape index (κ2) is 4.04. The summed E-state index contributed by atoms with van der Waals surface area (Å²) >= 11 is 1.09. The Kier molecular flexibility index (Phi) is 2.76. The molecule has 1 fully saturated rings. The number of carboxylic acids is 1. The first-order valence-electron chi connectivity index (χ1n) is 4.19. The maximum Gasteiger partial charge on any atom is 0.365 e. The summed E-state index contributed by atoms with van der Waals surface area (Å²) < 4.78 is 10.6. The molecular formula is C8H9NO4S. The molecule has 1 aromatic rings. The summed E-state index contributed by atoms with van der Waals surface area (Å²) in [7, 11) is 0. The second-order valence-electron chi connectivity index (χ2n) is 2.80. The van der Waals surface area contributed by atoms with Gasteiger partial charge >= 0.3 is 5.97 Å². The molecule has 0 radical (unpaired) electrons. The lowest BCUT2D eigenvalue weighted by molar-refractivity contribution is -0.181. The lowest BCUT2D eigenvalue weighted by atomic mass is 10.4. The van der Waals surface area contributed by atoms with Crippen LogP contribution < -0.4 is 0 Å². The van der Waals surface area contributed by atoms with Crippen LogP contribution in [0.2, 0.25) is 0 Å². The summed E-state index contributed by atoms with van der Waals surface area (Å²) in [5, 5.41) is 8.73. The van der Waals surface area contributed by atoms with Crippen molar-refractivity contribution in [2.24, 2.45) is 0 Å². The van der Waals surface area contributed by atoms with Gasteiger partial charge in [0.15, 0.2) is 6.29 Å². The fourth-order valence-electron chi connectivity index (χ4n) is 1.15. The first-order valence-corrected chi connectivity index (χ1v) is 5.01. The predicted molar refractivity (Wildman–Crippen MR) is 48.3 cm³/mol. The first kappa shape index (κ1) is 9.57. The Bertz CT molecular complexity index is 332. The number of hydrogen-bond donors (Lipinski definition) is 1. The molecule has 14 heavy (non-hydrogen) atoms. The third-order valence-electron chi connectivity index (χ3n) is 1.77. The molecular weight excluding hydrogens is 206 g/mol. The first-order chi connectivity index (χ1) is 6.77. The van der Waals surface area contributed by atoms with Crippen molar-refractivity contribution >= 4 is 17.3 Å². The van der Waals surface area contributed by atoms with E-state index in [2.05, 4.69) is 4.98 Å². The Hall–Kier alpha value is -0.980. The molecule has 5 nitrogen and oxygen atoms in total. The van der Waals surface area contributed by atoms with Crippen molar-refractivity contribution in [3.05, 3.63) is 16.1 Å². The fourth-order valence-corrected chi connectivity index (χ4v) is 1.90. The highest BCUT2D eigenvalue weighted by Gasteiger charge is 2.20. The van der Waals surface area contributed by atoms with Crippen molar-refractivity contribution in [1.29, 1.82) is 0 Å². The molecule has 0 unspecified atom stereocenters. The molecule has 0 aliphatic carbocycles. The third kappa shape index (κ3) is 1.92. The molecule has 0 aromatic carbocycles. The Labute approximate surface area is 84.3 Å². The van der Waals surface area contributed by atoms with Crippen LogP contribution in [0.15, 0.2) is 6.20 Å². The summed E-state index contributed by atoms with van der Waals surface area (Å²) in [5.41, 5.74) is 0. The number of aromatic nitrogens is 1. The maximum absolute atomic E-state index is 10.6. The molecule has 0 spiro atoms. The summed E-state index contributed by atoms with van der Waals surface area (Å²) in [5.74, 6) is -1.02. The van der Waals surface area contributed by atoms with Crippen LogP contribution in [0.5, 0.6) is 0 Å². The molecule has 2 rings (SSSR count). The summed E-state index contributed by atoms with van der Waals surface area (Å²) in [4.78, 5) is 15.0. The minimum atomic E-state index is -1.02. The van der Waals surface area contributed by atoms with E-state index in [-0.39, 0.29) is 5.01 Å². The normalized spacial score (nSPS) is 18.3. The smallest absolute Gasteiger partial charge is 0.365 e. The zero-order chi connectivity index (χ0) is 9.97. The van der Waals surface area contributed by atoms with Crippen LogP contribution in [0.1, 0.15) is 27.4 Å². The van der Waals surface area contributed by atoms with Gasteiger partial charge in [0.2, 0.25) is 5.01 Å². The lowest BCUT2D eigenvalue weighted by Gasteiger charge is -2.21. The molecule has 0 atom stereocenters. The summed E-state index contributed by atoms with van der Waals surface area (Å²) in [6.45, 7) is 1.29. The molecule has 0 bridgehead atoms. The SMILES string of the molecule is O=C(O)c1ncc(C2OCCCO2)s1. The van der Waals surface area contributed by atoms with E-state index in [1.54, 1.807) is 0 Å². The van der Waals surface area contributed by atoms with Crippen LogP contribution >= 0.6 is 11.3 Å². The number of hydrogen-bond acceptors (Lipinski definition) is 5. The predicted octanol–water partition coefficient (Wildman–Crippen LogP) is 1.28. The second-order valence-corrected chi connectivity index (χ2v) is 3.86. The zero-order valence-electron chi connectivity index (χ0n) is 7.30. The van der Waals surface area contributed by atoms with E-state index in [1.165, 1.54) is 6.20 Å². The average molecular weight is 215 g/mol. The van der Waals surface area contributed by atoms with Gasteiger partial charge in [-0.25, -0.2) is 9.78 Å². The zero-order valence-corrected chi connectivity index (χ0v) is 8.12. The highest BCUT2D eigenvalue weighted by Crippen LogP contribution is 2.27. The van der Waals surface area contributed by atoms with E-state index in [1.807, 2.05) is 0 Å². The molecule has 1 aromatic heterocycles. The Morgan fingerprint density at radius 3 is 2.86 bits per heavy atom. The van der Waals surface area contributed by atoms with Gasteiger partial charge in [-0.3, -0.25) is 0 Å². The molecule has 1 aliphatic heterocycles. The molecule has 0 amide bonds. The Balaban J connectivity index is 2.11. The monoisotopic (exact) mass is 215 g/mol. The summed E-state index contributed by atoms with van der Waals surface area (Å²) in [6.07, 6.45) is 1.93. The van der Waals surface area contributed by atoms with Gasteiger partial charge in [0.05, 0.1) is 18.1 Å². The molecule has 1 aliphatic rings. The van der Waals surface area contributed by atoms with Crippen molar-refractivity contribution in [2.75, 3.05) is 13.2 Å². The average Bonchev–Trinajstić information content (AvgIpc) is 2.68. The van der Waals surface area contributed by atoms with Gasteiger partial charge in [-0.1, -0.05) is 0 Å². The minimum absolute atomic E-state index is 0.0674. The van der Waals surface area contributed by atoms with Crippen molar-refractivity contribution in [3.63, 3.8) is 0 Å².